The number of ether oxygens (including phenoxy) is 2. The van der Waals surface area contributed by atoms with E-state index in [1.54, 1.807) is 24.3 Å². The molecule has 0 aliphatic rings. The summed E-state index contributed by atoms with van der Waals surface area (Å²) in [5.41, 5.74) is 1.80. The van der Waals surface area contributed by atoms with Crippen LogP contribution in [0.5, 0.6) is 5.75 Å². The number of hydrogen-bond acceptors (Lipinski definition) is 6. The quantitative estimate of drug-likeness (QED) is 0.591. The lowest BCUT2D eigenvalue weighted by atomic mass is 10.1. The molecule has 0 aliphatic carbocycles. The molecule has 2 aromatic rings. The van der Waals surface area contributed by atoms with Crippen LogP contribution in [-0.2, 0) is 27.4 Å². The van der Waals surface area contributed by atoms with Crippen molar-refractivity contribution in [3.05, 3.63) is 65.7 Å². The second kappa shape index (κ2) is 11.4. The van der Waals surface area contributed by atoms with Gasteiger partial charge < -0.3 is 29.5 Å². The van der Waals surface area contributed by atoms with Crippen LogP contribution in [0.3, 0.4) is 0 Å². The summed E-state index contributed by atoms with van der Waals surface area (Å²) < 4.78 is 10.5. The van der Waals surface area contributed by atoms with Crippen molar-refractivity contribution < 1.29 is 29.0 Å². The fraction of sp³-hybridized carbons (Fsp3) is 0.286. The van der Waals surface area contributed by atoms with Crippen molar-refractivity contribution in [2.75, 3.05) is 6.61 Å². The number of carbonyl (C=O) groups excluding carboxylic acids is 3. The van der Waals surface area contributed by atoms with Crippen LogP contribution in [0.25, 0.3) is 0 Å². The summed E-state index contributed by atoms with van der Waals surface area (Å²) in [4.78, 5) is 33.4. The highest BCUT2D eigenvalue weighted by Gasteiger charge is 2.15. The number of aryl methyl sites for hydroxylation is 1. The molecule has 1 amide bonds. The van der Waals surface area contributed by atoms with Gasteiger partial charge in [0.15, 0.2) is 0 Å². The van der Waals surface area contributed by atoms with Crippen LogP contribution in [-0.4, -0.2) is 31.0 Å². The Morgan fingerprint density at radius 2 is 1.75 bits per heavy atom. The lowest BCUT2D eigenvalue weighted by molar-refractivity contribution is -0.308. The zero-order chi connectivity index (χ0) is 20.2. The van der Waals surface area contributed by atoms with E-state index in [-0.39, 0.29) is 19.6 Å². The highest BCUT2D eigenvalue weighted by atomic mass is 16.5. The third-order valence-electron chi connectivity index (χ3n) is 3.94. The van der Waals surface area contributed by atoms with Crippen LogP contribution in [0, 0.1) is 0 Å². The number of amides is 1. The first-order valence-electron chi connectivity index (χ1n) is 8.92. The van der Waals surface area contributed by atoms with Crippen molar-refractivity contribution in [2.45, 2.75) is 31.9 Å². The van der Waals surface area contributed by atoms with Gasteiger partial charge in [0.25, 0.3) is 0 Å². The highest BCUT2D eigenvalue weighted by molar-refractivity contribution is 5.78. The predicted molar refractivity (Wildman–Crippen MR) is 99.5 cm³/mol. The fourth-order valence-corrected chi connectivity index (χ4v) is 2.43. The molecule has 0 saturated carbocycles. The summed E-state index contributed by atoms with van der Waals surface area (Å²) in [6.45, 7) is 0.116. The van der Waals surface area contributed by atoms with E-state index >= 15 is 0 Å². The minimum absolute atomic E-state index is 0.0235. The van der Waals surface area contributed by atoms with Gasteiger partial charge in [-0.1, -0.05) is 42.5 Å². The van der Waals surface area contributed by atoms with E-state index in [2.05, 4.69) is 5.32 Å². The maximum absolute atomic E-state index is 11.8. The number of carbonyl (C=O) groups is 3. The van der Waals surface area contributed by atoms with Crippen molar-refractivity contribution in [2.24, 2.45) is 0 Å². The summed E-state index contributed by atoms with van der Waals surface area (Å²) in [6, 6.07) is 15.0. The van der Waals surface area contributed by atoms with E-state index in [1.165, 1.54) is 0 Å². The molecule has 2 rings (SSSR count). The number of aldehydes is 1. The van der Waals surface area contributed by atoms with Gasteiger partial charge in [-0.2, -0.15) is 0 Å². The van der Waals surface area contributed by atoms with Crippen molar-refractivity contribution in [3.63, 3.8) is 0 Å². The molecule has 28 heavy (non-hydrogen) atoms. The van der Waals surface area contributed by atoms with Crippen LogP contribution < -0.4 is 15.2 Å². The molecular weight excluding hydrogens is 362 g/mol. The standard InChI is InChI=1S/C21H23NO6/c23-13-4-7-16-8-10-18(11-9-16)27-14-12-19(20(24)25)22-21(26)28-15-17-5-2-1-3-6-17/h1-3,5-6,8-11,13,19H,4,7,12,14-15H2,(H,22,26)(H,24,25)/p-1. The molecule has 0 heterocycles. The Balaban J connectivity index is 1.75. The Morgan fingerprint density at radius 3 is 2.39 bits per heavy atom. The van der Waals surface area contributed by atoms with Crippen LogP contribution >= 0.6 is 0 Å². The minimum atomic E-state index is -1.41. The van der Waals surface area contributed by atoms with Crippen molar-refractivity contribution in [1.29, 1.82) is 0 Å². The minimum Gasteiger partial charge on any atom is -0.548 e. The summed E-state index contributed by atoms with van der Waals surface area (Å²) >= 11 is 0. The molecular formula is C21H22NO6-. The zero-order valence-electron chi connectivity index (χ0n) is 15.3. The molecule has 148 valence electrons. The number of rotatable bonds is 11. The summed E-state index contributed by atoms with van der Waals surface area (Å²) in [5.74, 6) is -0.844. The third kappa shape index (κ3) is 7.49. The smallest absolute Gasteiger partial charge is 0.407 e. The second-order valence-corrected chi connectivity index (χ2v) is 6.06. The Hall–Kier alpha value is -3.35. The lowest BCUT2D eigenvalue weighted by Gasteiger charge is -2.19. The van der Waals surface area contributed by atoms with Crippen molar-refractivity contribution in [3.8, 4) is 5.75 Å². The topological polar surface area (TPSA) is 105 Å². The number of alkyl carbamates (subject to hydrolysis) is 1. The molecule has 7 heteroatoms. The average molecular weight is 384 g/mol. The zero-order valence-corrected chi connectivity index (χ0v) is 15.3. The number of aliphatic carboxylic acids is 1. The molecule has 2 aromatic carbocycles. The molecule has 7 nitrogen and oxygen atoms in total. The molecule has 0 spiro atoms. The second-order valence-electron chi connectivity index (χ2n) is 6.06. The molecule has 0 saturated heterocycles. The molecule has 1 atom stereocenters. The number of hydrogen-bond donors (Lipinski definition) is 1. The van der Waals surface area contributed by atoms with E-state index in [0.29, 0.717) is 18.6 Å². The summed E-state index contributed by atoms with van der Waals surface area (Å²) in [5, 5.41) is 13.5. The van der Waals surface area contributed by atoms with Gasteiger partial charge in [-0.3, -0.25) is 0 Å². The summed E-state index contributed by atoms with van der Waals surface area (Å²) in [7, 11) is 0. The Labute approximate surface area is 163 Å². The molecule has 1 unspecified atom stereocenters. The maximum atomic E-state index is 11.8. The summed E-state index contributed by atoms with van der Waals surface area (Å²) in [6.07, 6.45) is 1.17. The third-order valence-corrected chi connectivity index (χ3v) is 3.94. The first kappa shape index (κ1) is 21.0. The molecule has 0 fully saturated rings. The van der Waals surface area contributed by atoms with Gasteiger partial charge in [0.1, 0.15) is 18.6 Å². The van der Waals surface area contributed by atoms with Crippen LogP contribution in [0.4, 0.5) is 4.79 Å². The number of nitrogens with one attached hydrogen (secondary N) is 1. The van der Waals surface area contributed by atoms with E-state index < -0.39 is 18.1 Å². The molecule has 0 radical (unpaired) electrons. The SMILES string of the molecule is O=CCCc1ccc(OCCC(NC(=O)OCc2ccccc2)C(=O)[O-])cc1. The predicted octanol–water partition coefficient (Wildman–Crippen LogP) is 1.63. The van der Waals surface area contributed by atoms with E-state index in [4.69, 9.17) is 9.47 Å². The van der Waals surface area contributed by atoms with E-state index in [0.717, 1.165) is 17.4 Å². The molecule has 0 aliphatic heterocycles. The van der Waals surface area contributed by atoms with Gasteiger partial charge >= 0.3 is 6.09 Å². The Morgan fingerprint density at radius 1 is 1.04 bits per heavy atom. The molecule has 0 aromatic heterocycles. The largest absolute Gasteiger partial charge is 0.548 e. The first-order chi connectivity index (χ1) is 13.6. The normalized spacial score (nSPS) is 11.3. The maximum Gasteiger partial charge on any atom is 0.407 e. The molecule has 1 N–H and O–H groups in total. The van der Waals surface area contributed by atoms with Crippen LogP contribution in [0.1, 0.15) is 24.0 Å². The number of carboxylic acids is 1. The van der Waals surface area contributed by atoms with Gasteiger partial charge in [-0.15, -0.1) is 0 Å². The Bertz CT molecular complexity index is 760. The van der Waals surface area contributed by atoms with E-state index in [9.17, 15) is 19.5 Å². The van der Waals surface area contributed by atoms with Gasteiger partial charge in [0.2, 0.25) is 0 Å². The van der Waals surface area contributed by atoms with Crippen LogP contribution in [0.2, 0.25) is 0 Å². The highest BCUT2D eigenvalue weighted by Crippen LogP contribution is 2.13. The monoisotopic (exact) mass is 384 g/mol. The number of benzene rings is 2. The van der Waals surface area contributed by atoms with Gasteiger partial charge in [0, 0.05) is 12.8 Å². The molecule has 0 bridgehead atoms. The fourth-order valence-electron chi connectivity index (χ4n) is 2.43. The first-order valence-corrected chi connectivity index (χ1v) is 8.92. The number of carboxylic acid groups (broad SMARTS) is 1. The Kier molecular flexibility index (Phi) is 8.52. The average Bonchev–Trinajstić information content (AvgIpc) is 2.71. The van der Waals surface area contributed by atoms with Gasteiger partial charge in [0.05, 0.1) is 18.6 Å². The van der Waals surface area contributed by atoms with Crippen LogP contribution in [0.15, 0.2) is 54.6 Å². The van der Waals surface area contributed by atoms with Gasteiger partial charge in [-0.25, -0.2) is 4.79 Å². The van der Waals surface area contributed by atoms with Gasteiger partial charge in [-0.05, 0) is 29.7 Å². The lowest BCUT2D eigenvalue weighted by Crippen LogP contribution is -2.48. The van der Waals surface area contributed by atoms with Crippen molar-refractivity contribution >= 4 is 18.3 Å². The van der Waals surface area contributed by atoms with E-state index in [1.807, 2.05) is 30.3 Å². The van der Waals surface area contributed by atoms with Crippen molar-refractivity contribution in [1.82, 2.24) is 5.32 Å².